The van der Waals surface area contributed by atoms with Crippen LogP contribution in [0.4, 0.5) is 5.69 Å². The predicted octanol–water partition coefficient (Wildman–Crippen LogP) is 1.38. The van der Waals surface area contributed by atoms with Gasteiger partial charge in [0.2, 0.25) is 5.91 Å². The molecule has 1 aromatic carbocycles. The summed E-state index contributed by atoms with van der Waals surface area (Å²) in [6.45, 7) is 2.52. The Labute approximate surface area is 111 Å². The Hall–Kier alpha value is -2.14. The molecule has 0 fully saturated rings. The van der Waals surface area contributed by atoms with Gasteiger partial charge in [-0.3, -0.25) is 4.79 Å². The third-order valence-electron chi connectivity index (χ3n) is 3.30. The van der Waals surface area contributed by atoms with Crippen molar-refractivity contribution in [2.24, 2.45) is 5.73 Å². The first-order chi connectivity index (χ1) is 9.17. The van der Waals surface area contributed by atoms with Crippen LogP contribution in [0.3, 0.4) is 0 Å². The van der Waals surface area contributed by atoms with E-state index in [-0.39, 0.29) is 5.91 Å². The number of fused-ring (bicyclic) bond motifs is 1. The molecule has 0 spiro atoms. The summed E-state index contributed by atoms with van der Waals surface area (Å²) in [6, 6.07) is 5.95. The average Bonchev–Trinajstić information content (AvgIpc) is 2.90. The second kappa shape index (κ2) is 4.51. The molecule has 0 unspecified atom stereocenters. The van der Waals surface area contributed by atoms with Crippen molar-refractivity contribution >= 4 is 11.6 Å². The summed E-state index contributed by atoms with van der Waals surface area (Å²) in [5, 5.41) is 2.83. The SMILES string of the molecule is Cc1nc(-c2ccc3c(c2)CC(=O)N3)c(CCN)[nH]1. The van der Waals surface area contributed by atoms with Crippen LogP contribution < -0.4 is 11.1 Å². The standard InChI is InChI=1S/C14H16N4O/c1-8-16-12(4-5-15)14(17-8)9-2-3-11-10(6-9)7-13(19)18-11/h2-3,6H,4-5,7,15H2,1H3,(H,16,17)(H,18,19). The molecular weight excluding hydrogens is 240 g/mol. The molecule has 2 aromatic rings. The number of H-pyrrole nitrogens is 1. The summed E-state index contributed by atoms with van der Waals surface area (Å²) in [6.07, 6.45) is 1.21. The first kappa shape index (κ1) is 11.9. The minimum Gasteiger partial charge on any atom is -0.346 e. The first-order valence-electron chi connectivity index (χ1n) is 6.36. The predicted molar refractivity (Wildman–Crippen MR) is 73.9 cm³/mol. The van der Waals surface area contributed by atoms with E-state index < -0.39 is 0 Å². The third-order valence-corrected chi connectivity index (χ3v) is 3.30. The second-order valence-corrected chi connectivity index (χ2v) is 4.78. The lowest BCUT2D eigenvalue weighted by atomic mass is 10.0. The van der Waals surface area contributed by atoms with Gasteiger partial charge < -0.3 is 16.0 Å². The molecule has 19 heavy (non-hydrogen) atoms. The van der Waals surface area contributed by atoms with E-state index in [0.717, 1.165) is 40.4 Å². The van der Waals surface area contributed by atoms with Crippen LogP contribution in [0.1, 0.15) is 17.1 Å². The summed E-state index contributed by atoms with van der Waals surface area (Å²) >= 11 is 0. The Morgan fingerprint density at radius 1 is 1.42 bits per heavy atom. The number of imidazole rings is 1. The summed E-state index contributed by atoms with van der Waals surface area (Å²) in [4.78, 5) is 19.1. The molecule has 5 heteroatoms. The number of carbonyl (C=O) groups excluding carboxylic acids is 1. The number of hydrogen-bond acceptors (Lipinski definition) is 3. The van der Waals surface area contributed by atoms with Gasteiger partial charge in [0.1, 0.15) is 5.82 Å². The Morgan fingerprint density at radius 2 is 2.26 bits per heavy atom. The van der Waals surface area contributed by atoms with Crippen molar-refractivity contribution in [3.05, 3.63) is 35.3 Å². The molecule has 1 aliphatic rings. The van der Waals surface area contributed by atoms with Gasteiger partial charge in [0.05, 0.1) is 12.1 Å². The summed E-state index contributed by atoms with van der Waals surface area (Å²) in [5.41, 5.74) is 10.6. The smallest absolute Gasteiger partial charge is 0.228 e. The lowest BCUT2D eigenvalue weighted by molar-refractivity contribution is -0.115. The van der Waals surface area contributed by atoms with Crippen LogP contribution in [0.5, 0.6) is 0 Å². The number of aromatic nitrogens is 2. The van der Waals surface area contributed by atoms with Crippen molar-refractivity contribution in [1.29, 1.82) is 0 Å². The van der Waals surface area contributed by atoms with Gasteiger partial charge in [0.25, 0.3) is 0 Å². The number of nitrogens with one attached hydrogen (secondary N) is 2. The number of nitrogens with two attached hydrogens (primary N) is 1. The molecule has 0 radical (unpaired) electrons. The van der Waals surface area contributed by atoms with Crippen molar-refractivity contribution in [2.45, 2.75) is 19.8 Å². The monoisotopic (exact) mass is 256 g/mol. The Bertz CT molecular complexity index is 645. The molecule has 4 N–H and O–H groups in total. The van der Waals surface area contributed by atoms with Crippen molar-refractivity contribution in [3.8, 4) is 11.3 Å². The molecule has 0 aliphatic carbocycles. The van der Waals surface area contributed by atoms with E-state index in [1.165, 1.54) is 0 Å². The number of benzene rings is 1. The zero-order valence-electron chi connectivity index (χ0n) is 10.8. The van der Waals surface area contributed by atoms with E-state index in [1.54, 1.807) is 0 Å². The average molecular weight is 256 g/mol. The van der Waals surface area contributed by atoms with Crippen molar-refractivity contribution in [2.75, 3.05) is 11.9 Å². The molecule has 1 aliphatic heterocycles. The largest absolute Gasteiger partial charge is 0.346 e. The van der Waals surface area contributed by atoms with Gasteiger partial charge in [-0.15, -0.1) is 0 Å². The van der Waals surface area contributed by atoms with Gasteiger partial charge >= 0.3 is 0 Å². The van der Waals surface area contributed by atoms with Gasteiger partial charge in [0, 0.05) is 23.4 Å². The Kier molecular flexibility index (Phi) is 2.83. The van der Waals surface area contributed by atoms with E-state index in [0.29, 0.717) is 13.0 Å². The summed E-state index contributed by atoms with van der Waals surface area (Å²) in [7, 11) is 0. The molecular formula is C14H16N4O. The normalized spacial score (nSPS) is 13.5. The zero-order chi connectivity index (χ0) is 13.4. The quantitative estimate of drug-likeness (QED) is 0.775. The molecule has 3 rings (SSSR count). The van der Waals surface area contributed by atoms with E-state index in [4.69, 9.17) is 5.73 Å². The first-order valence-corrected chi connectivity index (χ1v) is 6.36. The summed E-state index contributed by atoms with van der Waals surface area (Å²) in [5.74, 6) is 0.931. The highest BCUT2D eigenvalue weighted by molar-refractivity contribution is 5.99. The number of amides is 1. The number of carbonyl (C=O) groups is 1. The maximum Gasteiger partial charge on any atom is 0.228 e. The summed E-state index contributed by atoms with van der Waals surface area (Å²) < 4.78 is 0. The number of hydrogen-bond donors (Lipinski definition) is 3. The van der Waals surface area contributed by atoms with Crippen LogP contribution >= 0.6 is 0 Å². The Balaban J connectivity index is 2.03. The maximum absolute atomic E-state index is 11.4. The van der Waals surface area contributed by atoms with E-state index >= 15 is 0 Å². The van der Waals surface area contributed by atoms with Gasteiger partial charge in [-0.25, -0.2) is 4.98 Å². The molecule has 0 atom stereocenters. The molecule has 2 heterocycles. The van der Waals surface area contributed by atoms with Crippen molar-refractivity contribution in [1.82, 2.24) is 9.97 Å². The highest BCUT2D eigenvalue weighted by Crippen LogP contribution is 2.29. The van der Waals surface area contributed by atoms with Crippen molar-refractivity contribution < 1.29 is 4.79 Å². The van der Waals surface area contributed by atoms with Crippen LogP contribution in [0.15, 0.2) is 18.2 Å². The number of anilines is 1. The van der Waals surface area contributed by atoms with Crippen LogP contribution in [0.2, 0.25) is 0 Å². The molecule has 0 saturated carbocycles. The minimum atomic E-state index is 0.0486. The highest BCUT2D eigenvalue weighted by atomic mass is 16.1. The third kappa shape index (κ3) is 2.13. The second-order valence-electron chi connectivity index (χ2n) is 4.78. The lowest BCUT2D eigenvalue weighted by Crippen LogP contribution is -2.04. The Morgan fingerprint density at radius 3 is 3.05 bits per heavy atom. The molecule has 0 bridgehead atoms. The van der Waals surface area contributed by atoms with Crippen LogP contribution in [-0.4, -0.2) is 22.4 Å². The van der Waals surface area contributed by atoms with Gasteiger partial charge in [-0.1, -0.05) is 6.07 Å². The fourth-order valence-electron chi connectivity index (χ4n) is 2.48. The van der Waals surface area contributed by atoms with Gasteiger partial charge in [0.15, 0.2) is 0 Å². The topological polar surface area (TPSA) is 83.8 Å². The molecule has 1 amide bonds. The van der Waals surface area contributed by atoms with Crippen LogP contribution in [0.25, 0.3) is 11.3 Å². The van der Waals surface area contributed by atoms with Crippen LogP contribution in [0, 0.1) is 6.92 Å². The fraction of sp³-hybridized carbons (Fsp3) is 0.286. The maximum atomic E-state index is 11.4. The van der Waals surface area contributed by atoms with E-state index in [9.17, 15) is 4.79 Å². The number of nitrogens with zero attached hydrogens (tertiary/aromatic N) is 1. The fourth-order valence-corrected chi connectivity index (χ4v) is 2.48. The van der Waals surface area contributed by atoms with Crippen LogP contribution in [-0.2, 0) is 17.6 Å². The number of rotatable bonds is 3. The lowest BCUT2D eigenvalue weighted by Gasteiger charge is -2.04. The zero-order valence-corrected chi connectivity index (χ0v) is 10.8. The number of aryl methyl sites for hydroxylation is 1. The molecule has 1 aromatic heterocycles. The number of aromatic amines is 1. The highest BCUT2D eigenvalue weighted by Gasteiger charge is 2.19. The van der Waals surface area contributed by atoms with Gasteiger partial charge in [-0.05, 0) is 31.2 Å². The molecule has 98 valence electrons. The van der Waals surface area contributed by atoms with E-state index in [2.05, 4.69) is 15.3 Å². The van der Waals surface area contributed by atoms with Gasteiger partial charge in [-0.2, -0.15) is 0 Å². The molecule has 0 saturated heterocycles. The van der Waals surface area contributed by atoms with E-state index in [1.807, 2.05) is 25.1 Å². The minimum absolute atomic E-state index is 0.0486. The molecule has 5 nitrogen and oxygen atoms in total. The van der Waals surface area contributed by atoms with Crippen molar-refractivity contribution in [3.63, 3.8) is 0 Å².